The van der Waals surface area contributed by atoms with Crippen LogP contribution in [-0.2, 0) is 16.1 Å². The molecule has 0 aliphatic rings. The first-order valence-electron chi connectivity index (χ1n) is 10.1. The van der Waals surface area contributed by atoms with Gasteiger partial charge in [-0.25, -0.2) is 4.39 Å². The van der Waals surface area contributed by atoms with Crippen LogP contribution in [0.2, 0.25) is 0 Å². The molecule has 2 aromatic carbocycles. The molecule has 1 N–H and O–H groups in total. The average molecular weight is 493 g/mol. The van der Waals surface area contributed by atoms with Crippen LogP contribution in [0.1, 0.15) is 44.4 Å². The maximum absolute atomic E-state index is 13.3. The Morgan fingerprint density at radius 3 is 2.19 bits per heavy atom. The molecule has 0 heterocycles. The Bertz CT molecular complexity index is 916. The minimum absolute atomic E-state index is 0.166. The highest BCUT2D eigenvalue weighted by Crippen LogP contribution is 2.26. The normalized spacial score (nSPS) is 12.3. The van der Waals surface area contributed by atoms with Crippen LogP contribution >= 0.6 is 15.9 Å². The Kier molecular flexibility index (Phi) is 8.23. The number of ether oxygens (including phenoxy) is 1. The van der Waals surface area contributed by atoms with Gasteiger partial charge >= 0.3 is 0 Å². The van der Waals surface area contributed by atoms with Crippen molar-refractivity contribution in [1.29, 1.82) is 0 Å². The third-order valence-electron chi connectivity index (χ3n) is 4.70. The molecule has 0 saturated carbocycles. The summed E-state index contributed by atoms with van der Waals surface area (Å²) in [4.78, 5) is 27.3. The predicted octanol–water partition coefficient (Wildman–Crippen LogP) is 4.92. The van der Waals surface area contributed by atoms with Crippen LogP contribution < -0.4 is 10.1 Å². The van der Waals surface area contributed by atoms with Gasteiger partial charge in [0.25, 0.3) is 5.91 Å². The van der Waals surface area contributed by atoms with Crippen molar-refractivity contribution in [1.82, 2.24) is 10.2 Å². The number of hydrogen-bond donors (Lipinski definition) is 1. The molecule has 31 heavy (non-hydrogen) atoms. The Labute approximate surface area is 192 Å². The van der Waals surface area contributed by atoms with Crippen LogP contribution in [0.4, 0.5) is 4.39 Å². The molecule has 7 heteroatoms. The first-order valence-corrected chi connectivity index (χ1v) is 10.9. The van der Waals surface area contributed by atoms with Crippen LogP contribution in [-0.4, -0.2) is 34.9 Å². The Morgan fingerprint density at radius 2 is 1.68 bits per heavy atom. The van der Waals surface area contributed by atoms with Crippen molar-refractivity contribution in [2.24, 2.45) is 0 Å². The van der Waals surface area contributed by atoms with E-state index in [-0.39, 0.29) is 30.8 Å². The first kappa shape index (κ1) is 24.9. The Hall–Kier alpha value is -2.41. The maximum Gasteiger partial charge on any atom is 0.261 e. The van der Waals surface area contributed by atoms with E-state index in [1.807, 2.05) is 46.8 Å². The molecule has 1 atom stereocenters. The number of benzene rings is 2. The van der Waals surface area contributed by atoms with E-state index < -0.39 is 11.6 Å². The van der Waals surface area contributed by atoms with Crippen LogP contribution in [0.3, 0.4) is 0 Å². The van der Waals surface area contributed by atoms with Crippen molar-refractivity contribution in [2.75, 3.05) is 6.61 Å². The molecular formula is C24H30BrFN2O3. The molecule has 0 aliphatic carbocycles. The second-order valence-corrected chi connectivity index (χ2v) is 9.52. The molecule has 0 aliphatic heterocycles. The standard InChI is InChI=1S/C24H30BrFN2O3/c1-15-11-20(12-16(2)22(15)25)31-14-21(29)28(13-18-7-9-19(26)10-8-18)17(3)23(30)27-24(4,5)6/h7-12,17H,13-14H2,1-6H3,(H,27,30). The van der Waals surface area contributed by atoms with E-state index in [4.69, 9.17) is 4.74 Å². The van der Waals surface area contributed by atoms with Gasteiger partial charge in [-0.1, -0.05) is 28.1 Å². The summed E-state index contributed by atoms with van der Waals surface area (Å²) < 4.78 is 20.0. The third-order valence-corrected chi connectivity index (χ3v) is 5.95. The smallest absolute Gasteiger partial charge is 0.261 e. The van der Waals surface area contributed by atoms with Crippen molar-refractivity contribution in [3.8, 4) is 5.75 Å². The molecule has 0 saturated heterocycles. The first-order chi connectivity index (χ1) is 14.4. The highest BCUT2D eigenvalue weighted by molar-refractivity contribution is 9.10. The zero-order valence-corrected chi connectivity index (χ0v) is 20.5. The van der Waals surface area contributed by atoms with E-state index in [0.717, 1.165) is 21.2 Å². The highest BCUT2D eigenvalue weighted by atomic mass is 79.9. The number of nitrogens with one attached hydrogen (secondary N) is 1. The number of carbonyl (C=O) groups is 2. The van der Waals surface area contributed by atoms with Crippen molar-refractivity contribution < 1.29 is 18.7 Å². The van der Waals surface area contributed by atoms with E-state index in [9.17, 15) is 14.0 Å². The third kappa shape index (κ3) is 7.35. The number of rotatable bonds is 7. The minimum atomic E-state index is -0.728. The molecule has 0 aromatic heterocycles. The van der Waals surface area contributed by atoms with E-state index in [2.05, 4.69) is 21.2 Å². The van der Waals surface area contributed by atoms with Crippen molar-refractivity contribution in [3.05, 3.63) is 63.4 Å². The SMILES string of the molecule is Cc1cc(OCC(=O)N(Cc2ccc(F)cc2)C(C)C(=O)NC(C)(C)C)cc(C)c1Br. The van der Waals surface area contributed by atoms with Crippen molar-refractivity contribution >= 4 is 27.7 Å². The monoisotopic (exact) mass is 492 g/mol. The molecule has 0 fully saturated rings. The summed E-state index contributed by atoms with van der Waals surface area (Å²) in [5.74, 6) is -0.373. The molecule has 2 aromatic rings. The number of aryl methyl sites for hydroxylation is 2. The van der Waals surface area contributed by atoms with Gasteiger partial charge in [0.1, 0.15) is 17.6 Å². The van der Waals surface area contributed by atoms with Gasteiger partial charge in [0.15, 0.2) is 6.61 Å². The number of nitrogens with zero attached hydrogens (tertiary/aromatic N) is 1. The summed E-state index contributed by atoms with van der Waals surface area (Å²) in [5.41, 5.74) is 2.30. The highest BCUT2D eigenvalue weighted by Gasteiger charge is 2.28. The lowest BCUT2D eigenvalue weighted by Gasteiger charge is -2.31. The average Bonchev–Trinajstić information content (AvgIpc) is 2.67. The van der Waals surface area contributed by atoms with Gasteiger partial charge in [-0.2, -0.15) is 0 Å². The minimum Gasteiger partial charge on any atom is -0.484 e. The van der Waals surface area contributed by atoms with E-state index >= 15 is 0 Å². The van der Waals surface area contributed by atoms with Gasteiger partial charge in [-0.15, -0.1) is 0 Å². The van der Waals surface area contributed by atoms with Gasteiger partial charge in [0, 0.05) is 16.6 Å². The number of carbonyl (C=O) groups excluding carboxylic acids is 2. The quantitative estimate of drug-likeness (QED) is 0.596. The van der Waals surface area contributed by atoms with E-state index in [1.54, 1.807) is 19.1 Å². The predicted molar refractivity (Wildman–Crippen MR) is 123 cm³/mol. The Morgan fingerprint density at radius 1 is 1.13 bits per heavy atom. The lowest BCUT2D eigenvalue weighted by molar-refractivity contribution is -0.142. The van der Waals surface area contributed by atoms with Gasteiger partial charge in [0.2, 0.25) is 5.91 Å². The Balaban J connectivity index is 2.20. The fraction of sp³-hybridized carbons (Fsp3) is 0.417. The summed E-state index contributed by atoms with van der Waals surface area (Å²) in [5, 5.41) is 2.91. The summed E-state index contributed by atoms with van der Waals surface area (Å²) in [6.45, 7) is 11.2. The molecule has 2 amide bonds. The van der Waals surface area contributed by atoms with Gasteiger partial charge < -0.3 is 15.0 Å². The fourth-order valence-electron chi connectivity index (χ4n) is 3.06. The zero-order valence-electron chi connectivity index (χ0n) is 18.9. The second kappa shape index (κ2) is 10.3. The molecule has 2 rings (SSSR count). The zero-order chi connectivity index (χ0) is 23.3. The largest absolute Gasteiger partial charge is 0.484 e. The summed E-state index contributed by atoms with van der Waals surface area (Å²) >= 11 is 3.52. The number of amides is 2. The fourth-order valence-corrected chi connectivity index (χ4v) is 3.29. The van der Waals surface area contributed by atoms with Gasteiger partial charge in [-0.3, -0.25) is 9.59 Å². The second-order valence-electron chi connectivity index (χ2n) is 8.72. The topological polar surface area (TPSA) is 58.6 Å². The molecule has 0 radical (unpaired) electrons. The molecular weight excluding hydrogens is 463 g/mol. The van der Waals surface area contributed by atoms with Gasteiger partial charge in [0.05, 0.1) is 0 Å². The lowest BCUT2D eigenvalue weighted by Crippen LogP contribution is -2.53. The molecule has 168 valence electrons. The summed E-state index contributed by atoms with van der Waals surface area (Å²) in [6.07, 6.45) is 0. The van der Waals surface area contributed by atoms with Crippen molar-refractivity contribution in [2.45, 2.75) is 59.7 Å². The molecule has 0 spiro atoms. The lowest BCUT2D eigenvalue weighted by atomic mass is 10.1. The van der Waals surface area contributed by atoms with E-state index in [1.165, 1.54) is 17.0 Å². The maximum atomic E-state index is 13.3. The van der Waals surface area contributed by atoms with Gasteiger partial charge in [-0.05, 0) is 82.5 Å². The molecule has 1 unspecified atom stereocenters. The number of hydrogen-bond acceptors (Lipinski definition) is 3. The van der Waals surface area contributed by atoms with E-state index in [0.29, 0.717) is 5.75 Å². The summed E-state index contributed by atoms with van der Waals surface area (Å²) in [6, 6.07) is 8.85. The van der Waals surface area contributed by atoms with Crippen LogP contribution in [0, 0.1) is 19.7 Å². The molecule has 5 nitrogen and oxygen atoms in total. The van der Waals surface area contributed by atoms with Crippen LogP contribution in [0.25, 0.3) is 0 Å². The molecule has 0 bridgehead atoms. The van der Waals surface area contributed by atoms with Crippen LogP contribution in [0.5, 0.6) is 5.75 Å². The number of halogens is 2. The summed E-state index contributed by atoms with van der Waals surface area (Å²) in [7, 11) is 0. The van der Waals surface area contributed by atoms with Crippen molar-refractivity contribution in [3.63, 3.8) is 0 Å². The van der Waals surface area contributed by atoms with Crippen LogP contribution in [0.15, 0.2) is 40.9 Å².